The van der Waals surface area contributed by atoms with Gasteiger partial charge in [-0.1, -0.05) is 42.5 Å². The van der Waals surface area contributed by atoms with E-state index in [-0.39, 0.29) is 11.8 Å². The summed E-state index contributed by atoms with van der Waals surface area (Å²) in [5.74, 6) is 0.238. The third-order valence-corrected chi connectivity index (χ3v) is 4.75. The molecule has 140 valence electrons. The van der Waals surface area contributed by atoms with Gasteiger partial charge in [0.2, 0.25) is 0 Å². The summed E-state index contributed by atoms with van der Waals surface area (Å²) in [5, 5.41) is 0. The van der Waals surface area contributed by atoms with E-state index in [1.165, 1.54) is 4.90 Å². The second-order valence-electron chi connectivity index (χ2n) is 6.31. The number of amides is 2. The topological polar surface area (TPSA) is 49.9 Å². The maximum Gasteiger partial charge on any atom is 0.277 e. The van der Waals surface area contributed by atoms with Crippen LogP contribution in [0.4, 0.5) is 0 Å². The van der Waals surface area contributed by atoms with E-state index >= 15 is 0 Å². The van der Waals surface area contributed by atoms with Crippen LogP contribution in [-0.4, -0.2) is 41.8 Å². The Bertz CT molecular complexity index is 857. The van der Waals surface area contributed by atoms with Crippen molar-refractivity contribution in [2.75, 3.05) is 20.2 Å². The van der Waals surface area contributed by atoms with Crippen LogP contribution in [0.5, 0.6) is 5.75 Å². The van der Waals surface area contributed by atoms with Gasteiger partial charge in [-0.15, -0.1) is 0 Å². The summed E-state index contributed by atoms with van der Waals surface area (Å²) in [6.07, 6.45) is 0. The van der Waals surface area contributed by atoms with Crippen LogP contribution in [-0.2, 0) is 16.1 Å². The molecule has 0 N–H and O–H groups in total. The zero-order chi connectivity index (χ0) is 19.4. The minimum Gasteiger partial charge on any atom is -0.497 e. The van der Waals surface area contributed by atoms with Crippen LogP contribution in [0.1, 0.15) is 25.0 Å². The Morgan fingerprint density at radius 2 is 1.59 bits per heavy atom. The Kier molecular flexibility index (Phi) is 5.60. The van der Waals surface area contributed by atoms with Gasteiger partial charge in [-0.3, -0.25) is 14.5 Å². The van der Waals surface area contributed by atoms with Crippen molar-refractivity contribution < 1.29 is 14.3 Å². The molecule has 0 spiro atoms. The zero-order valence-corrected chi connectivity index (χ0v) is 15.9. The number of ether oxygens (including phenoxy) is 1. The molecule has 2 amide bonds. The minimum absolute atomic E-state index is 0.230. The molecule has 2 aromatic carbocycles. The van der Waals surface area contributed by atoms with Crippen LogP contribution in [0.15, 0.2) is 60.3 Å². The number of likely N-dealkylation sites (N-methyl/N-ethyl adjacent to an activating group) is 2. The average molecular weight is 364 g/mol. The number of rotatable bonds is 7. The van der Waals surface area contributed by atoms with Crippen LogP contribution in [0.3, 0.4) is 0 Å². The molecule has 0 atom stereocenters. The maximum absolute atomic E-state index is 13.0. The fourth-order valence-corrected chi connectivity index (χ4v) is 3.31. The Morgan fingerprint density at radius 1 is 0.926 bits per heavy atom. The molecule has 5 heteroatoms. The van der Waals surface area contributed by atoms with Crippen molar-refractivity contribution in [2.24, 2.45) is 0 Å². The van der Waals surface area contributed by atoms with Gasteiger partial charge >= 0.3 is 0 Å². The van der Waals surface area contributed by atoms with E-state index < -0.39 is 0 Å². The first-order valence-electron chi connectivity index (χ1n) is 9.14. The lowest BCUT2D eigenvalue weighted by atomic mass is 10.0. The van der Waals surface area contributed by atoms with Gasteiger partial charge in [0.05, 0.1) is 12.7 Å². The molecule has 0 bridgehead atoms. The number of hydrogen-bond acceptors (Lipinski definition) is 4. The van der Waals surface area contributed by atoms with E-state index in [1.807, 2.05) is 61.2 Å². The first-order valence-corrected chi connectivity index (χ1v) is 9.14. The number of benzene rings is 2. The molecule has 0 unspecified atom stereocenters. The molecule has 0 aromatic heterocycles. The quantitative estimate of drug-likeness (QED) is 0.707. The number of carbonyl (C=O) groups excluding carboxylic acids is 2. The Balaban J connectivity index is 2.07. The second kappa shape index (κ2) is 8.08. The van der Waals surface area contributed by atoms with E-state index in [0.717, 1.165) is 11.1 Å². The number of carbonyl (C=O) groups is 2. The molecule has 0 radical (unpaired) electrons. The zero-order valence-electron chi connectivity index (χ0n) is 15.9. The van der Waals surface area contributed by atoms with Crippen molar-refractivity contribution in [1.29, 1.82) is 0 Å². The van der Waals surface area contributed by atoms with Gasteiger partial charge in [0.15, 0.2) is 0 Å². The molecule has 1 heterocycles. The highest BCUT2D eigenvalue weighted by Gasteiger charge is 2.40. The van der Waals surface area contributed by atoms with E-state index in [9.17, 15) is 9.59 Å². The van der Waals surface area contributed by atoms with Gasteiger partial charge in [0, 0.05) is 19.6 Å². The fraction of sp³-hybridized carbons (Fsp3) is 0.273. The summed E-state index contributed by atoms with van der Waals surface area (Å²) in [4.78, 5) is 29.3. The first kappa shape index (κ1) is 18.7. The number of imide groups is 1. The number of methoxy groups -OCH3 is 1. The predicted octanol–water partition coefficient (Wildman–Crippen LogP) is 3.32. The highest BCUT2D eigenvalue weighted by molar-refractivity contribution is 6.35. The summed E-state index contributed by atoms with van der Waals surface area (Å²) >= 11 is 0. The van der Waals surface area contributed by atoms with Gasteiger partial charge < -0.3 is 9.64 Å². The van der Waals surface area contributed by atoms with E-state index in [4.69, 9.17) is 4.74 Å². The van der Waals surface area contributed by atoms with Crippen molar-refractivity contribution in [2.45, 2.75) is 20.4 Å². The van der Waals surface area contributed by atoms with Crippen LogP contribution >= 0.6 is 0 Å². The van der Waals surface area contributed by atoms with Crippen LogP contribution < -0.4 is 4.74 Å². The highest BCUT2D eigenvalue weighted by atomic mass is 16.5. The number of nitrogens with zero attached hydrogens (tertiary/aromatic N) is 2. The van der Waals surface area contributed by atoms with Gasteiger partial charge in [0.25, 0.3) is 11.8 Å². The molecule has 27 heavy (non-hydrogen) atoms. The molecular formula is C22H24N2O3. The minimum atomic E-state index is -0.242. The smallest absolute Gasteiger partial charge is 0.277 e. The predicted molar refractivity (Wildman–Crippen MR) is 105 cm³/mol. The highest BCUT2D eigenvalue weighted by Crippen LogP contribution is 2.33. The van der Waals surface area contributed by atoms with Gasteiger partial charge in [0.1, 0.15) is 11.4 Å². The monoisotopic (exact) mass is 364 g/mol. The SMILES string of the molecule is CCN(Cc1ccccc1)C1=C(c2ccc(OC)cc2)C(=O)N(CC)C1=O. The molecule has 0 aliphatic carbocycles. The maximum atomic E-state index is 13.0. The molecule has 3 rings (SSSR count). The summed E-state index contributed by atoms with van der Waals surface area (Å²) in [5.41, 5.74) is 2.75. The van der Waals surface area contributed by atoms with Crippen molar-refractivity contribution in [3.8, 4) is 5.75 Å². The molecular weight excluding hydrogens is 340 g/mol. The fourth-order valence-electron chi connectivity index (χ4n) is 3.31. The first-order chi connectivity index (χ1) is 13.1. The summed E-state index contributed by atoms with van der Waals surface area (Å²) in [6.45, 7) is 5.36. The lowest BCUT2D eigenvalue weighted by Crippen LogP contribution is -2.34. The van der Waals surface area contributed by atoms with Crippen LogP contribution in [0, 0.1) is 0 Å². The van der Waals surface area contributed by atoms with E-state index in [0.29, 0.717) is 36.7 Å². The van der Waals surface area contributed by atoms with Crippen molar-refractivity contribution in [3.05, 3.63) is 71.4 Å². The molecule has 0 saturated carbocycles. The van der Waals surface area contributed by atoms with Crippen LogP contribution in [0.2, 0.25) is 0 Å². The second-order valence-corrected chi connectivity index (χ2v) is 6.31. The number of hydrogen-bond donors (Lipinski definition) is 0. The average Bonchev–Trinajstić information content (AvgIpc) is 2.96. The standard InChI is InChI=1S/C22H24N2O3/c1-4-23(15-16-9-7-6-8-10-16)20-19(21(25)24(5-2)22(20)26)17-11-13-18(27-3)14-12-17/h6-14H,4-5,15H2,1-3H3. The van der Waals surface area contributed by atoms with Crippen LogP contribution in [0.25, 0.3) is 5.57 Å². The lowest BCUT2D eigenvalue weighted by Gasteiger charge is -2.24. The van der Waals surface area contributed by atoms with Gasteiger partial charge in [-0.2, -0.15) is 0 Å². The third kappa shape index (κ3) is 3.58. The summed E-state index contributed by atoms with van der Waals surface area (Å²) < 4.78 is 5.21. The van der Waals surface area contributed by atoms with Crippen molar-refractivity contribution in [3.63, 3.8) is 0 Å². The Morgan fingerprint density at radius 3 is 2.15 bits per heavy atom. The largest absolute Gasteiger partial charge is 0.497 e. The summed E-state index contributed by atoms with van der Waals surface area (Å²) in [7, 11) is 1.60. The molecule has 1 aliphatic heterocycles. The normalized spacial score (nSPS) is 14.1. The summed E-state index contributed by atoms with van der Waals surface area (Å²) in [6, 6.07) is 17.2. The van der Waals surface area contributed by atoms with Crippen molar-refractivity contribution >= 4 is 17.4 Å². The molecule has 5 nitrogen and oxygen atoms in total. The van der Waals surface area contributed by atoms with Gasteiger partial charge in [-0.05, 0) is 37.1 Å². The Hall–Kier alpha value is -3.08. The molecule has 1 aliphatic rings. The van der Waals surface area contributed by atoms with E-state index in [1.54, 1.807) is 19.2 Å². The van der Waals surface area contributed by atoms with E-state index in [2.05, 4.69) is 0 Å². The molecule has 2 aromatic rings. The third-order valence-electron chi connectivity index (χ3n) is 4.75. The molecule has 0 fully saturated rings. The lowest BCUT2D eigenvalue weighted by molar-refractivity contribution is -0.137. The molecule has 0 saturated heterocycles. The van der Waals surface area contributed by atoms with Crippen molar-refractivity contribution in [1.82, 2.24) is 9.80 Å². The van der Waals surface area contributed by atoms with Gasteiger partial charge in [-0.25, -0.2) is 0 Å². The Labute approximate surface area is 159 Å².